The Morgan fingerprint density at radius 3 is 2.62 bits per heavy atom. The molecule has 9 heteroatoms. The quantitative estimate of drug-likeness (QED) is 0.516. The molecule has 1 unspecified atom stereocenters. The first-order valence-corrected chi connectivity index (χ1v) is 7.16. The lowest BCUT2D eigenvalue weighted by Gasteiger charge is -1.97. The molecule has 0 aromatic heterocycles. The SMILES string of the molecule is O=[N+]([O-])c1ccc(C[S+]=S(=O)([O-])O)c(Cl)c1. The maximum Gasteiger partial charge on any atom is 0.270 e. The van der Waals surface area contributed by atoms with Crippen LogP contribution in [0.5, 0.6) is 0 Å². The first kappa shape index (κ1) is 13.3. The molecule has 1 N–H and O–H groups in total. The number of halogens is 1. The topological polar surface area (TPSA) is 104 Å². The summed E-state index contributed by atoms with van der Waals surface area (Å²) in [6.45, 7) is 0. The van der Waals surface area contributed by atoms with Crippen LogP contribution in [0, 0.1) is 10.1 Å². The molecule has 0 saturated heterocycles. The molecule has 0 fully saturated rings. The molecular weight excluding hydrogens is 278 g/mol. The number of hydrogen-bond donors (Lipinski definition) is 1. The number of non-ortho nitro benzene ring substituents is 1. The maximum atomic E-state index is 10.5. The van der Waals surface area contributed by atoms with E-state index in [-0.39, 0.29) is 26.8 Å². The zero-order valence-corrected chi connectivity index (χ0v) is 10.0. The highest BCUT2D eigenvalue weighted by atomic mass is 35.5. The summed E-state index contributed by atoms with van der Waals surface area (Å²) >= 11 is 5.71. The summed E-state index contributed by atoms with van der Waals surface area (Å²) in [5, 5.41) is 10.5. The third kappa shape index (κ3) is 3.99. The Bertz CT molecular complexity index is 530. The molecule has 0 bridgehead atoms. The molecule has 88 valence electrons. The van der Waals surface area contributed by atoms with E-state index in [4.69, 9.17) is 16.2 Å². The number of nitrogens with zero attached hydrogens (tertiary/aromatic N) is 1. The second kappa shape index (κ2) is 5.02. The summed E-state index contributed by atoms with van der Waals surface area (Å²) in [5.41, 5.74) is 0.223. The molecular formula is C7H6ClNO5S2. The molecule has 0 spiro atoms. The van der Waals surface area contributed by atoms with Crippen LogP contribution in [0.25, 0.3) is 0 Å². The van der Waals surface area contributed by atoms with Crippen LogP contribution in [0.4, 0.5) is 5.69 Å². The van der Waals surface area contributed by atoms with E-state index in [1.165, 1.54) is 12.1 Å². The van der Waals surface area contributed by atoms with Gasteiger partial charge in [0.15, 0.2) is 0 Å². The summed E-state index contributed by atoms with van der Waals surface area (Å²) in [7, 11) is -3.85. The third-order valence-corrected chi connectivity index (χ3v) is 3.94. The fourth-order valence-electron chi connectivity index (χ4n) is 0.905. The molecule has 0 aliphatic heterocycles. The zero-order chi connectivity index (χ0) is 12.3. The minimum atomic E-state index is -4.14. The van der Waals surface area contributed by atoms with Crippen LogP contribution in [0.1, 0.15) is 5.56 Å². The standard InChI is InChI=1S/C7H6ClNO5S2/c8-7-3-6(9(10)11)2-1-5(7)4-15-16(12,13)14/h1-3H,4H2,(H-,12,13,14). The van der Waals surface area contributed by atoms with Gasteiger partial charge in [0.25, 0.3) is 25.1 Å². The minimum absolute atomic E-state index is 0.0737. The second-order valence-electron chi connectivity index (χ2n) is 2.72. The van der Waals surface area contributed by atoms with E-state index in [0.717, 1.165) is 6.07 Å². The summed E-state index contributed by atoms with van der Waals surface area (Å²) in [4.78, 5) is 9.78. The van der Waals surface area contributed by atoms with Crippen LogP contribution in [-0.2, 0) is 25.1 Å². The van der Waals surface area contributed by atoms with Gasteiger partial charge in [0.2, 0.25) is 5.75 Å². The fourth-order valence-corrected chi connectivity index (χ4v) is 2.58. The molecule has 0 heterocycles. The second-order valence-corrected chi connectivity index (χ2v) is 6.48. The normalized spacial score (nSPS) is 14.2. The molecule has 1 rings (SSSR count). The summed E-state index contributed by atoms with van der Waals surface area (Å²) in [5.74, 6) is -0.0737. The molecule has 6 nitrogen and oxygen atoms in total. The van der Waals surface area contributed by atoms with Gasteiger partial charge in [-0.3, -0.25) is 14.7 Å². The third-order valence-electron chi connectivity index (χ3n) is 1.61. The number of nitro benzene ring substituents is 1. The van der Waals surface area contributed by atoms with E-state index >= 15 is 0 Å². The highest BCUT2D eigenvalue weighted by Crippen LogP contribution is 2.22. The van der Waals surface area contributed by atoms with Gasteiger partial charge < -0.3 is 4.55 Å². The van der Waals surface area contributed by atoms with Crippen molar-refractivity contribution in [1.29, 1.82) is 0 Å². The van der Waals surface area contributed by atoms with E-state index in [2.05, 4.69) is 0 Å². The predicted molar refractivity (Wildman–Crippen MR) is 60.7 cm³/mol. The Labute approximate surface area is 99.7 Å². The molecule has 1 atom stereocenters. The van der Waals surface area contributed by atoms with E-state index in [9.17, 15) is 18.9 Å². The van der Waals surface area contributed by atoms with Crippen molar-refractivity contribution in [2.75, 3.05) is 0 Å². The minimum Gasteiger partial charge on any atom is -0.712 e. The Balaban J connectivity index is 3.01. The Morgan fingerprint density at radius 2 is 2.19 bits per heavy atom. The Hall–Kier alpha value is -0.800. The van der Waals surface area contributed by atoms with Crippen LogP contribution in [0.15, 0.2) is 18.2 Å². The summed E-state index contributed by atoms with van der Waals surface area (Å²) in [6, 6.07) is 3.69. The number of hydrogen-bond acceptors (Lipinski definition) is 4. The molecule has 0 amide bonds. The van der Waals surface area contributed by atoms with Gasteiger partial charge in [-0.2, -0.15) is 4.21 Å². The molecule has 0 aliphatic rings. The van der Waals surface area contributed by atoms with Crippen molar-refractivity contribution >= 4 is 36.7 Å². The van der Waals surface area contributed by atoms with Crippen LogP contribution in [0.3, 0.4) is 0 Å². The largest absolute Gasteiger partial charge is 0.712 e. The molecule has 0 saturated carbocycles. The lowest BCUT2D eigenvalue weighted by molar-refractivity contribution is -0.384. The highest BCUT2D eigenvalue weighted by molar-refractivity contribution is 8.33. The van der Waals surface area contributed by atoms with Gasteiger partial charge in [-0.25, -0.2) is 0 Å². The molecule has 0 radical (unpaired) electrons. The van der Waals surface area contributed by atoms with Crippen molar-refractivity contribution in [2.24, 2.45) is 0 Å². The lowest BCUT2D eigenvalue weighted by atomic mass is 10.2. The van der Waals surface area contributed by atoms with Gasteiger partial charge in [0.1, 0.15) is 0 Å². The van der Waals surface area contributed by atoms with Crippen molar-refractivity contribution in [2.45, 2.75) is 5.75 Å². The van der Waals surface area contributed by atoms with E-state index in [1.807, 2.05) is 0 Å². The van der Waals surface area contributed by atoms with Crippen LogP contribution in [0.2, 0.25) is 5.02 Å². The first-order valence-electron chi connectivity index (χ1n) is 3.84. The van der Waals surface area contributed by atoms with Gasteiger partial charge in [0, 0.05) is 17.7 Å². The monoisotopic (exact) mass is 283 g/mol. The van der Waals surface area contributed by atoms with E-state index in [0.29, 0.717) is 5.56 Å². The van der Waals surface area contributed by atoms with Crippen LogP contribution >= 0.6 is 11.6 Å². The molecule has 1 aromatic rings. The van der Waals surface area contributed by atoms with Crippen molar-refractivity contribution in [3.05, 3.63) is 38.9 Å². The molecule has 16 heavy (non-hydrogen) atoms. The molecule has 0 aliphatic carbocycles. The van der Waals surface area contributed by atoms with Gasteiger partial charge in [-0.15, -0.1) is 0 Å². The van der Waals surface area contributed by atoms with Gasteiger partial charge in [-0.05, 0) is 6.07 Å². The maximum absolute atomic E-state index is 10.5. The van der Waals surface area contributed by atoms with Crippen molar-refractivity contribution in [3.63, 3.8) is 0 Å². The predicted octanol–water partition coefficient (Wildman–Crippen LogP) is 1.63. The highest BCUT2D eigenvalue weighted by Gasteiger charge is 2.13. The van der Waals surface area contributed by atoms with Gasteiger partial charge in [0.05, 0.1) is 9.95 Å². The van der Waals surface area contributed by atoms with Crippen molar-refractivity contribution < 1.29 is 18.2 Å². The Kier molecular flexibility index (Phi) is 4.16. The van der Waals surface area contributed by atoms with Crippen molar-refractivity contribution in [1.82, 2.24) is 0 Å². The van der Waals surface area contributed by atoms with E-state index < -0.39 is 14.0 Å². The van der Waals surface area contributed by atoms with E-state index in [1.54, 1.807) is 0 Å². The van der Waals surface area contributed by atoms with Crippen LogP contribution in [-0.4, -0.2) is 18.2 Å². The lowest BCUT2D eigenvalue weighted by Crippen LogP contribution is -1.98. The smallest absolute Gasteiger partial charge is 0.270 e. The number of benzene rings is 1. The average molecular weight is 284 g/mol. The van der Waals surface area contributed by atoms with Gasteiger partial charge >= 0.3 is 0 Å². The molecule has 1 aromatic carbocycles. The van der Waals surface area contributed by atoms with Gasteiger partial charge in [-0.1, -0.05) is 11.6 Å². The fraction of sp³-hybridized carbons (Fsp3) is 0.143. The number of nitro groups is 1. The summed E-state index contributed by atoms with van der Waals surface area (Å²) in [6.07, 6.45) is 0. The average Bonchev–Trinajstić information content (AvgIpc) is 2.14. The van der Waals surface area contributed by atoms with Crippen molar-refractivity contribution in [3.8, 4) is 0 Å². The summed E-state index contributed by atoms with van der Waals surface area (Å²) < 4.78 is 29.4. The zero-order valence-electron chi connectivity index (χ0n) is 7.66. The number of rotatable bonds is 3. The first-order chi connectivity index (χ1) is 7.29. The van der Waals surface area contributed by atoms with Crippen LogP contribution < -0.4 is 0 Å². The Morgan fingerprint density at radius 1 is 1.56 bits per heavy atom.